The van der Waals surface area contributed by atoms with Gasteiger partial charge in [-0.15, -0.1) is 0 Å². The molecule has 0 aliphatic heterocycles. The van der Waals surface area contributed by atoms with Crippen molar-refractivity contribution in [1.82, 2.24) is 10.3 Å². The molecular formula is C20H20N2O4. The quantitative estimate of drug-likeness (QED) is 0.635. The van der Waals surface area contributed by atoms with Crippen LogP contribution in [0.2, 0.25) is 0 Å². The first-order chi connectivity index (χ1) is 12.6. The molecule has 0 spiro atoms. The summed E-state index contributed by atoms with van der Waals surface area (Å²) in [4.78, 5) is 27.4. The van der Waals surface area contributed by atoms with E-state index in [2.05, 4.69) is 10.3 Å². The number of nitrogens with one attached hydrogen (secondary N) is 2. The Hall–Kier alpha value is -3.12. The number of rotatable bonds is 6. The van der Waals surface area contributed by atoms with E-state index >= 15 is 0 Å². The molecule has 0 aliphatic carbocycles. The van der Waals surface area contributed by atoms with Gasteiger partial charge in [0.15, 0.2) is 0 Å². The van der Waals surface area contributed by atoms with Gasteiger partial charge in [0.1, 0.15) is 11.3 Å². The zero-order valence-electron chi connectivity index (χ0n) is 14.3. The number of aromatic amines is 1. The molecule has 3 aromatic rings. The second kappa shape index (κ2) is 7.84. The molecule has 0 bridgehead atoms. The lowest BCUT2D eigenvalue weighted by molar-refractivity contribution is 0.0906. The molecule has 0 radical (unpaired) electrons. The molecule has 0 unspecified atom stereocenters. The third kappa shape index (κ3) is 3.75. The van der Waals surface area contributed by atoms with Gasteiger partial charge >= 0.3 is 0 Å². The van der Waals surface area contributed by atoms with Gasteiger partial charge in [0.25, 0.3) is 11.5 Å². The van der Waals surface area contributed by atoms with Crippen molar-refractivity contribution in [3.05, 3.63) is 82.3 Å². The van der Waals surface area contributed by atoms with Crippen LogP contribution in [-0.2, 0) is 0 Å². The van der Waals surface area contributed by atoms with Crippen LogP contribution in [0.4, 0.5) is 0 Å². The van der Waals surface area contributed by atoms with Crippen molar-refractivity contribution in [3.8, 4) is 11.5 Å². The molecule has 6 heteroatoms. The Morgan fingerprint density at radius 2 is 1.92 bits per heavy atom. The predicted molar refractivity (Wildman–Crippen MR) is 98.0 cm³/mol. The number of hydrogen-bond acceptors (Lipinski definition) is 4. The third-order valence-electron chi connectivity index (χ3n) is 4.38. The first kappa shape index (κ1) is 17.7. The molecule has 2 aromatic heterocycles. The number of H-pyrrole nitrogens is 1. The van der Waals surface area contributed by atoms with E-state index in [-0.39, 0.29) is 18.1 Å². The van der Waals surface area contributed by atoms with E-state index in [0.717, 1.165) is 5.56 Å². The number of hydrogen-bond donors (Lipinski definition) is 3. The van der Waals surface area contributed by atoms with Crippen molar-refractivity contribution in [3.63, 3.8) is 0 Å². The zero-order valence-corrected chi connectivity index (χ0v) is 14.3. The molecule has 1 aromatic carbocycles. The number of carbonyl (C=O) groups excluding carboxylic acids is 1. The summed E-state index contributed by atoms with van der Waals surface area (Å²) >= 11 is 0. The number of aliphatic hydroxyl groups excluding tert-OH is 1. The fourth-order valence-corrected chi connectivity index (χ4v) is 2.79. The molecule has 0 aliphatic rings. The van der Waals surface area contributed by atoms with Crippen LogP contribution in [0.3, 0.4) is 0 Å². The van der Waals surface area contributed by atoms with Crippen molar-refractivity contribution in [2.45, 2.75) is 18.9 Å². The lowest BCUT2D eigenvalue weighted by Crippen LogP contribution is -2.42. The third-order valence-corrected chi connectivity index (χ3v) is 4.38. The van der Waals surface area contributed by atoms with E-state index in [1.807, 2.05) is 37.3 Å². The fraction of sp³-hybridized carbons (Fsp3) is 0.200. The lowest BCUT2D eigenvalue weighted by Gasteiger charge is -2.23. The monoisotopic (exact) mass is 352 g/mol. The van der Waals surface area contributed by atoms with Gasteiger partial charge in [-0.2, -0.15) is 0 Å². The van der Waals surface area contributed by atoms with Gasteiger partial charge in [-0.1, -0.05) is 37.3 Å². The molecule has 3 rings (SSSR count). The first-order valence-corrected chi connectivity index (χ1v) is 8.34. The number of pyridine rings is 1. The van der Waals surface area contributed by atoms with Crippen molar-refractivity contribution in [2.24, 2.45) is 0 Å². The highest BCUT2D eigenvalue weighted by atomic mass is 16.3. The SMILES string of the molecule is C[C@@H](c1ccccc1)[C@H](CO)NC(=O)c1ccc(-c2ccco2)[nH]c1=O. The van der Waals surface area contributed by atoms with Gasteiger partial charge in [-0.25, -0.2) is 0 Å². The lowest BCUT2D eigenvalue weighted by atomic mass is 9.93. The van der Waals surface area contributed by atoms with Crippen molar-refractivity contribution >= 4 is 5.91 Å². The smallest absolute Gasteiger partial charge is 0.261 e. The van der Waals surface area contributed by atoms with E-state index in [1.54, 1.807) is 18.2 Å². The minimum absolute atomic E-state index is 0.0148. The Bertz CT molecular complexity index is 916. The maximum Gasteiger partial charge on any atom is 0.261 e. The summed E-state index contributed by atoms with van der Waals surface area (Å²) in [6.45, 7) is 1.69. The highest BCUT2D eigenvalue weighted by Gasteiger charge is 2.22. The second-order valence-corrected chi connectivity index (χ2v) is 6.05. The van der Waals surface area contributed by atoms with E-state index in [1.165, 1.54) is 12.3 Å². The molecule has 2 atom stereocenters. The van der Waals surface area contributed by atoms with Crippen molar-refractivity contribution < 1.29 is 14.3 Å². The molecule has 0 saturated carbocycles. The number of aromatic nitrogens is 1. The molecule has 26 heavy (non-hydrogen) atoms. The van der Waals surface area contributed by atoms with Crippen LogP contribution in [-0.4, -0.2) is 28.6 Å². The Balaban J connectivity index is 1.77. The topological polar surface area (TPSA) is 95.3 Å². The van der Waals surface area contributed by atoms with Crippen LogP contribution < -0.4 is 10.9 Å². The summed E-state index contributed by atoms with van der Waals surface area (Å²) in [6, 6.07) is 15.6. The minimum atomic E-state index is -0.529. The number of benzene rings is 1. The van der Waals surface area contributed by atoms with Crippen LogP contribution in [0.25, 0.3) is 11.5 Å². The Morgan fingerprint density at radius 3 is 2.54 bits per heavy atom. The summed E-state index contributed by atoms with van der Waals surface area (Å²) in [7, 11) is 0. The molecule has 2 heterocycles. The first-order valence-electron chi connectivity index (χ1n) is 8.34. The molecule has 0 fully saturated rings. The predicted octanol–water partition coefficient (Wildman–Crippen LogP) is 2.53. The summed E-state index contributed by atoms with van der Waals surface area (Å²) in [5.41, 5.74) is 0.960. The van der Waals surface area contributed by atoms with E-state index in [9.17, 15) is 14.7 Å². The summed E-state index contributed by atoms with van der Waals surface area (Å²) in [5.74, 6) is -0.120. The van der Waals surface area contributed by atoms with Crippen molar-refractivity contribution in [1.29, 1.82) is 0 Å². The Kier molecular flexibility index (Phi) is 5.34. The van der Waals surface area contributed by atoms with Crippen LogP contribution in [0.1, 0.15) is 28.8 Å². The zero-order chi connectivity index (χ0) is 18.5. The summed E-state index contributed by atoms with van der Waals surface area (Å²) in [5, 5.41) is 12.4. The minimum Gasteiger partial charge on any atom is -0.463 e. The Morgan fingerprint density at radius 1 is 1.15 bits per heavy atom. The van der Waals surface area contributed by atoms with Gasteiger partial charge in [-0.05, 0) is 29.8 Å². The summed E-state index contributed by atoms with van der Waals surface area (Å²) < 4.78 is 5.23. The molecule has 1 amide bonds. The average Bonchev–Trinajstić information content (AvgIpc) is 3.20. The number of aliphatic hydroxyl groups is 1. The maximum atomic E-state index is 12.5. The van der Waals surface area contributed by atoms with Gasteiger partial charge < -0.3 is 19.8 Å². The molecule has 134 valence electrons. The van der Waals surface area contributed by atoms with Gasteiger partial charge in [-0.3, -0.25) is 9.59 Å². The number of carbonyl (C=O) groups is 1. The van der Waals surface area contributed by atoms with Crippen molar-refractivity contribution in [2.75, 3.05) is 6.61 Å². The van der Waals surface area contributed by atoms with Crippen LogP contribution >= 0.6 is 0 Å². The summed E-state index contributed by atoms with van der Waals surface area (Å²) in [6.07, 6.45) is 1.51. The highest BCUT2D eigenvalue weighted by molar-refractivity contribution is 5.94. The van der Waals surface area contributed by atoms with E-state index in [4.69, 9.17) is 4.42 Å². The van der Waals surface area contributed by atoms with Crippen LogP contribution in [0.5, 0.6) is 0 Å². The Labute approximate surface area is 150 Å². The van der Waals surface area contributed by atoms with E-state index < -0.39 is 17.5 Å². The standard InChI is InChI=1S/C20H20N2O4/c1-13(14-6-3-2-4-7-14)17(12-23)22-20(25)15-9-10-16(21-19(15)24)18-8-5-11-26-18/h2-11,13,17,23H,12H2,1H3,(H,21,24)(H,22,25)/t13-,17-/m0/s1. The normalized spacial score (nSPS) is 13.2. The number of amides is 1. The molecular weight excluding hydrogens is 332 g/mol. The molecule has 3 N–H and O–H groups in total. The van der Waals surface area contributed by atoms with E-state index in [0.29, 0.717) is 11.5 Å². The van der Waals surface area contributed by atoms with Crippen LogP contribution in [0.15, 0.2) is 70.1 Å². The maximum absolute atomic E-state index is 12.5. The highest BCUT2D eigenvalue weighted by Crippen LogP contribution is 2.19. The molecule has 0 saturated heterocycles. The van der Waals surface area contributed by atoms with Gasteiger partial charge in [0.05, 0.1) is 24.6 Å². The fourth-order valence-electron chi connectivity index (χ4n) is 2.79. The van der Waals surface area contributed by atoms with Gasteiger partial charge in [0.2, 0.25) is 0 Å². The largest absolute Gasteiger partial charge is 0.463 e. The second-order valence-electron chi connectivity index (χ2n) is 6.05. The average molecular weight is 352 g/mol. The number of furan rings is 1. The van der Waals surface area contributed by atoms with Gasteiger partial charge in [0, 0.05) is 5.92 Å². The molecule has 6 nitrogen and oxygen atoms in total. The van der Waals surface area contributed by atoms with Crippen LogP contribution in [0, 0.1) is 0 Å².